The van der Waals surface area contributed by atoms with Gasteiger partial charge in [-0.3, -0.25) is 14.8 Å². The number of H-pyrrole nitrogens is 1. The summed E-state index contributed by atoms with van der Waals surface area (Å²) < 4.78 is 27.1. The molecule has 1 aromatic heterocycles. The Balaban J connectivity index is 1.38. The zero-order chi connectivity index (χ0) is 26.7. The molecule has 202 valence electrons. The van der Waals surface area contributed by atoms with Crippen LogP contribution in [-0.2, 0) is 14.6 Å². The molecule has 8 nitrogen and oxygen atoms in total. The first-order chi connectivity index (χ1) is 18.4. The molecule has 0 spiro atoms. The molecule has 2 aliphatic rings. The average Bonchev–Trinajstić information content (AvgIpc) is 3.59. The SMILES string of the molecule is C=CC(N1CCN(C)CC1)S(=O)(=O)c1ccc(C(CC2CCCC2)C(=O)Nc2n[nH]c3ccccc23)cc1. The molecular formula is C29H37N5O3S. The molecule has 2 heterocycles. The second-order valence-corrected chi connectivity index (χ2v) is 12.7. The van der Waals surface area contributed by atoms with Crippen LogP contribution < -0.4 is 5.32 Å². The van der Waals surface area contributed by atoms with Crippen LogP contribution in [0.5, 0.6) is 0 Å². The number of fused-ring (bicyclic) bond motifs is 1. The molecule has 0 bridgehead atoms. The van der Waals surface area contributed by atoms with Gasteiger partial charge in [0.2, 0.25) is 5.91 Å². The molecule has 2 N–H and O–H groups in total. The number of sulfone groups is 1. The zero-order valence-electron chi connectivity index (χ0n) is 22.0. The highest BCUT2D eigenvalue weighted by molar-refractivity contribution is 7.92. The van der Waals surface area contributed by atoms with Crippen LogP contribution in [0.2, 0.25) is 0 Å². The van der Waals surface area contributed by atoms with Crippen molar-refractivity contribution in [3.05, 3.63) is 66.7 Å². The van der Waals surface area contributed by atoms with Crippen molar-refractivity contribution in [3.8, 4) is 0 Å². The third-order valence-corrected chi connectivity index (χ3v) is 10.2. The number of anilines is 1. The minimum atomic E-state index is -3.64. The zero-order valence-corrected chi connectivity index (χ0v) is 22.8. The van der Waals surface area contributed by atoms with Gasteiger partial charge in [0.05, 0.1) is 16.3 Å². The Morgan fingerprint density at radius 3 is 2.47 bits per heavy atom. The molecule has 38 heavy (non-hydrogen) atoms. The van der Waals surface area contributed by atoms with Gasteiger partial charge in [-0.2, -0.15) is 5.10 Å². The Morgan fingerprint density at radius 2 is 1.79 bits per heavy atom. The van der Waals surface area contributed by atoms with Crippen molar-refractivity contribution in [1.29, 1.82) is 0 Å². The number of piperazine rings is 1. The molecule has 1 aliphatic heterocycles. The van der Waals surface area contributed by atoms with Crippen LogP contribution in [0.3, 0.4) is 0 Å². The molecule has 0 radical (unpaired) electrons. The first-order valence-electron chi connectivity index (χ1n) is 13.5. The molecule has 2 aromatic carbocycles. The lowest BCUT2D eigenvalue weighted by molar-refractivity contribution is -0.118. The number of carbonyl (C=O) groups excluding carboxylic acids is 1. The fourth-order valence-electron chi connectivity index (χ4n) is 5.81. The van der Waals surface area contributed by atoms with E-state index in [0.29, 0.717) is 24.8 Å². The highest BCUT2D eigenvalue weighted by Gasteiger charge is 2.33. The number of amides is 1. The number of hydrogen-bond donors (Lipinski definition) is 2. The van der Waals surface area contributed by atoms with E-state index >= 15 is 0 Å². The summed E-state index contributed by atoms with van der Waals surface area (Å²) in [5.74, 6) is 0.485. The van der Waals surface area contributed by atoms with Gasteiger partial charge in [-0.1, -0.05) is 56.0 Å². The molecule has 1 aliphatic carbocycles. The average molecular weight is 536 g/mol. The lowest BCUT2D eigenvalue weighted by atomic mass is 9.87. The standard InChI is InChI=1S/C29H37N5O3S/c1-3-27(34-18-16-33(2)17-19-34)38(36,37)23-14-12-22(13-15-23)25(20-21-8-4-5-9-21)29(35)30-28-24-10-6-7-11-26(24)31-32-28/h3,6-7,10-15,21,25,27H,1,4-5,8-9,16-20H2,2H3,(H2,30,31,32,35). The topological polar surface area (TPSA) is 98.4 Å². The van der Waals surface area contributed by atoms with E-state index in [4.69, 9.17) is 0 Å². The van der Waals surface area contributed by atoms with Gasteiger partial charge in [0.1, 0.15) is 5.37 Å². The highest BCUT2D eigenvalue weighted by atomic mass is 32.2. The van der Waals surface area contributed by atoms with Crippen LogP contribution >= 0.6 is 0 Å². The molecule has 1 saturated carbocycles. The first kappa shape index (κ1) is 26.6. The van der Waals surface area contributed by atoms with E-state index in [1.807, 2.05) is 36.2 Å². The molecule has 2 unspecified atom stereocenters. The maximum Gasteiger partial charge on any atom is 0.233 e. The quantitative estimate of drug-likeness (QED) is 0.394. The smallest absolute Gasteiger partial charge is 0.233 e. The number of nitrogens with one attached hydrogen (secondary N) is 2. The van der Waals surface area contributed by atoms with Gasteiger partial charge in [-0.25, -0.2) is 8.42 Å². The van der Waals surface area contributed by atoms with Crippen LogP contribution in [0.25, 0.3) is 10.9 Å². The van der Waals surface area contributed by atoms with Crippen LogP contribution in [0.4, 0.5) is 5.82 Å². The van der Waals surface area contributed by atoms with E-state index in [9.17, 15) is 13.2 Å². The van der Waals surface area contributed by atoms with Crippen molar-refractivity contribution < 1.29 is 13.2 Å². The van der Waals surface area contributed by atoms with Crippen molar-refractivity contribution in [2.24, 2.45) is 5.92 Å². The fourth-order valence-corrected chi connectivity index (χ4v) is 7.47. The summed E-state index contributed by atoms with van der Waals surface area (Å²) in [7, 11) is -1.60. The van der Waals surface area contributed by atoms with Crippen molar-refractivity contribution in [2.75, 3.05) is 38.5 Å². The van der Waals surface area contributed by atoms with Gasteiger partial charge in [-0.05, 0) is 49.2 Å². The number of hydrogen-bond acceptors (Lipinski definition) is 6. The van der Waals surface area contributed by atoms with Gasteiger partial charge in [0.15, 0.2) is 15.7 Å². The van der Waals surface area contributed by atoms with Crippen LogP contribution in [0.1, 0.15) is 43.6 Å². The first-order valence-corrected chi connectivity index (χ1v) is 15.0. The monoisotopic (exact) mass is 535 g/mol. The number of para-hydroxylation sites is 1. The second kappa shape index (κ2) is 11.4. The summed E-state index contributed by atoms with van der Waals surface area (Å²) in [6.07, 6.45) is 6.88. The van der Waals surface area contributed by atoms with Crippen LogP contribution in [0.15, 0.2) is 66.1 Å². The molecule has 9 heteroatoms. The maximum atomic E-state index is 13.6. The largest absolute Gasteiger partial charge is 0.308 e. The number of carbonyl (C=O) groups is 1. The lowest BCUT2D eigenvalue weighted by Gasteiger charge is -2.36. The molecular weight excluding hydrogens is 498 g/mol. The molecule has 1 amide bonds. The van der Waals surface area contributed by atoms with Gasteiger partial charge in [0, 0.05) is 31.6 Å². The van der Waals surface area contributed by atoms with Gasteiger partial charge in [-0.15, -0.1) is 6.58 Å². The summed E-state index contributed by atoms with van der Waals surface area (Å²) in [6.45, 7) is 6.83. The minimum absolute atomic E-state index is 0.119. The van der Waals surface area contributed by atoms with E-state index in [-0.39, 0.29) is 10.8 Å². The van der Waals surface area contributed by atoms with Gasteiger partial charge in [0.25, 0.3) is 0 Å². The highest BCUT2D eigenvalue weighted by Crippen LogP contribution is 2.36. The number of rotatable bonds is 9. The third-order valence-electron chi connectivity index (χ3n) is 8.10. The van der Waals surface area contributed by atoms with Crippen molar-refractivity contribution in [2.45, 2.75) is 48.3 Å². The maximum absolute atomic E-state index is 13.6. The Morgan fingerprint density at radius 1 is 1.11 bits per heavy atom. The van der Waals surface area contributed by atoms with E-state index in [1.54, 1.807) is 24.3 Å². The molecule has 2 fully saturated rings. The minimum Gasteiger partial charge on any atom is -0.308 e. The van der Waals surface area contributed by atoms with Crippen LogP contribution in [-0.4, -0.2) is 72.9 Å². The Labute approximate surface area is 225 Å². The Hall–Kier alpha value is -3.01. The summed E-state index contributed by atoms with van der Waals surface area (Å²) in [5.41, 5.74) is 1.68. The van der Waals surface area contributed by atoms with Crippen molar-refractivity contribution in [1.82, 2.24) is 20.0 Å². The van der Waals surface area contributed by atoms with Gasteiger partial charge >= 0.3 is 0 Å². The summed E-state index contributed by atoms with van der Waals surface area (Å²) >= 11 is 0. The van der Waals surface area contributed by atoms with E-state index in [0.717, 1.165) is 48.8 Å². The third kappa shape index (κ3) is 5.55. The number of aromatic amines is 1. The lowest BCUT2D eigenvalue weighted by Crippen LogP contribution is -2.50. The Kier molecular flexibility index (Phi) is 7.97. The van der Waals surface area contributed by atoms with Crippen molar-refractivity contribution >= 4 is 32.5 Å². The number of likely N-dealkylation sites (N-methyl/N-ethyl adjacent to an activating group) is 1. The number of nitrogens with zero attached hydrogens (tertiary/aromatic N) is 3. The summed E-state index contributed by atoms with van der Waals surface area (Å²) in [6, 6.07) is 14.6. The second-order valence-electron chi connectivity index (χ2n) is 10.6. The van der Waals surface area contributed by atoms with Crippen molar-refractivity contribution in [3.63, 3.8) is 0 Å². The van der Waals surface area contributed by atoms with E-state index < -0.39 is 21.1 Å². The summed E-state index contributed by atoms with van der Waals surface area (Å²) in [5, 5.41) is 10.4. The number of aromatic nitrogens is 2. The normalized spacial score (nSPS) is 19.4. The van der Waals surface area contributed by atoms with E-state index in [1.165, 1.54) is 18.9 Å². The van der Waals surface area contributed by atoms with Gasteiger partial charge < -0.3 is 10.2 Å². The molecule has 3 aromatic rings. The molecule has 2 atom stereocenters. The Bertz CT molecular complexity index is 1370. The molecule has 5 rings (SSSR count). The number of benzene rings is 2. The summed E-state index contributed by atoms with van der Waals surface area (Å²) in [4.78, 5) is 18.0. The predicted molar refractivity (Wildman–Crippen MR) is 151 cm³/mol. The molecule has 1 saturated heterocycles. The predicted octanol–water partition coefficient (Wildman–Crippen LogP) is 4.40. The van der Waals surface area contributed by atoms with E-state index in [2.05, 4.69) is 27.0 Å². The van der Waals surface area contributed by atoms with Crippen LogP contribution in [0, 0.1) is 5.92 Å². The fraction of sp³-hybridized carbons (Fsp3) is 0.448.